The molecule has 4 atom stereocenters. The van der Waals surface area contributed by atoms with Crippen molar-refractivity contribution in [3.63, 3.8) is 0 Å². The minimum absolute atomic E-state index is 0.176. The molecule has 0 N–H and O–H groups in total. The molecule has 0 amide bonds. The van der Waals surface area contributed by atoms with Crippen LogP contribution in [0.4, 0.5) is 0 Å². The quantitative estimate of drug-likeness (QED) is 0.732. The fraction of sp³-hybridized carbons (Fsp3) is 0.409. The van der Waals surface area contributed by atoms with Crippen molar-refractivity contribution < 1.29 is 23.8 Å². The molecule has 2 fully saturated rings. The SMILES string of the molecule is C[C@@H]1O[C@H](COCc2ccccc2)N2OC(=O)C[C@@H]2[C@H]1OCc1ccccc1. The van der Waals surface area contributed by atoms with Gasteiger partial charge in [0.1, 0.15) is 6.10 Å². The minimum atomic E-state index is -0.438. The molecule has 0 saturated carbocycles. The van der Waals surface area contributed by atoms with Gasteiger partial charge in [-0.15, -0.1) is 5.06 Å². The lowest BCUT2D eigenvalue weighted by molar-refractivity contribution is -0.312. The fourth-order valence-electron chi connectivity index (χ4n) is 3.69. The van der Waals surface area contributed by atoms with Gasteiger partial charge in [0.15, 0.2) is 6.23 Å². The zero-order chi connectivity index (χ0) is 19.3. The molecule has 0 aliphatic carbocycles. The predicted molar refractivity (Wildman–Crippen MR) is 102 cm³/mol. The van der Waals surface area contributed by atoms with Crippen molar-refractivity contribution in [1.82, 2.24) is 5.06 Å². The largest absolute Gasteiger partial charge is 0.373 e. The highest BCUT2D eigenvalue weighted by Crippen LogP contribution is 2.32. The van der Waals surface area contributed by atoms with Crippen LogP contribution in [0.5, 0.6) is 0 Å². The Bertz CT molecular complexity index is 769. The Morgan fingerprint density at radius 1 is 1.00 bits per heavy atom. The van der Waals surface area contributed by atoms with Crippen LogP contribution in [0.3, 0.4) is 0 Å². The lowest BCUT2D eigenvalue weighted by Crippen LogP contribution is -2.58. The predicted octanol–water partition coefficient (Wildman–Crippen LogP) is 3.07. The number of hydrogen-bond acceptors (Lipinski definition) is 6. The number of ether oxygens (including phenoxy) is 3. The number of fused-ring (bicyclic) bond motifs is 1. The van der Waals surface area contributed by atoms with Crippen molar-refractivity contribution >= 4 is 5.97 Å². The third-order valence-electron chi connectivity index (χ3n) is 5.06. The molecule has 2 heterocycles. The highest BCUT2D eigenvalue weighted by molar-refractivity contribution is 5.71. The van der Waals surface area contributed by atoms with Crippen LogP contribution in [0.2, 0.25) is 0 Å². The van der Waals surface area contributed by atoms with E-state index in [1.807, 2.05) is 67.6 Å². The second-order valence-corrected chi connectivity index (χ2v) is 7.15. The van der Waals surface area contributed by atoms with Crippen LogP contribution in [0.25, 0.3) is 0 Å². The Balaban J connectivity index is 1.37. The van der Waals surface area contributed by atoms with E-state index < -0.39 is 6.23 Å². The van der Waals surface area contributed by atoms with Crippen molar-refractivity contribution in [3.8, 4) is 0 Å². The Hall–Kier alpha value is -2.25. The maximum Gasteiger partial charge on any atom is 0.327 e. The van der Waals surface area contributed by atoms with E-state index in [9.17, 15) is 4.79 Å². The molecule has 2 aromatic rings. The monoisotopic (exact) mass is 383 g/mol. The van der Waals surface area contributed by atoms with Crippen molar-refractivity contribution in [2.45, 2.75) is 51.0 Å². The number of carbonyl (C=O) groups excluding carboxylic acids is 1. The summed E-state index contributed by atoms with van der Waals surface area (Å²) < 4.78 is 18.0. The molecular weight excluding hydrogens is 358 g/mol. The van der Waals surface area contributed by atoms with Gasteiger partial charge in [0, 0.05) is 0 Å². The molecule has 2 saturated heterocycles. The number of nitrogens with zero attached hydrogens (tertiary/aromatic N) is 1. The van der Waals surface area contributed by atoms with E-state index in [1.165, 1.54) is 0 Å². The van der Waals surface area contributed by atoms with Crippen LogP contribution in [0.1, 0.15) is 24.5 Å². The van der Waals surface area contributed by atoms with E-state index >= 15 is 0 Å². The summed E-state index contributed by atoms with van der Waals surface area (Å²) in [6.45, 7) is 3.23. The number of hydroxylamine groups is 2. The number of hydrogen-bond donors (Lipinski definition) is 0. The first kappa shape index (κ1) is 19.1. The van der Waals surface area contributed by atoms with Gasteiger partial charge >= 0.3 is 5.97 Å². The Kier molecular flexibility index (Phi) is 6.02. The highest BCUT2D eigenvalue weighted by atomic mass is 16.8. The first-order chi connectivity index (χ1) is 13.7. The maximum atomic E-state index is 12.0. The van der Waals surface area contributed by atoms with Crippen LogP contribution >= 0.6 is 0 Å². The third kappa shape index (κ3) is 4.42. The van der Waals surface area contributed by atoms with Gasteiger partial charge in [-0.1, -0.05) is 60.7 Å². The highest BCUT2D eigenvalue weighted by Gasteiger charge is 2.50. The molecule has 2 aliphatic heterocycles. The van der Waals surface area contributed by atoms with Gasteiger partial charge in [-0.25, -0.2) is 0 Å². The molecule has 2 aliphatic rings. The Labute approximate surface area is 164 Å². The van der Waals surface area contributed by atoms with Crippen molar-refractivity contribution in [3.05, 3.63) is 71.8 Å². The summed E-state index contributed by atoms with van der Waals surface area (Å²) in [5.41, 5.74) is 2.17. The summed E-state index contributed by atoms with van der Waals surface area (Å²) in [5, 5.41) is 1.61. The van der Waals surface area contributed by atoms with E-state index in [1.54, 1.807) is 5.06 Å². The van der Waals surface area contributed by atoms with Crippen LogP contribution in [0, 0.1) is 0 Å². The van der Waals surface area contributed by atoms with E-state index in [-0.39, 0.29) is 24.2 Å². The molecular formula is C22H25NO5. The summed E-state index contributed by atoms with van der Waals surface area (Å²) in [6.07, 6.45) is -0.573. The van der Waals surface area contributed by atoms with Crippen molar-refractivity contribution in [2.24, 2.45) is 0 Å². The average molecular weight is 383 g/mol. The summed E-state index contributed by atoms with van der Waals surface area (Å²) in [5.74, 6) is -0.260. The standard InChI is InChI=1S/C22H25NO5/c1-16-22(26-14-18-10-6-3-7-11-18)19-12-21(24)28-23(19)20(27-16)15-25-13-17-8-4-2-5-9-17/h2-11,16,19-20,22H,12-15H2,1H3/t16-,19+,20+,22-/m0/s1. The van der Waals surface area contributed by atoms with Gasteiger partial charge in [-0.2, -0.15) is 0 Å². The topological polar surface area (TPSA) is 57.2 Å². The van der Waals surface area contributed by atoms with E-state index in [0.29, 0.717) is 26.2 Å². The van der Waals surface area contributed by atoms with Gasteiger partial charge in [-0.3, -0.25) is 4.79 Å². The summed E-state index contributed by atoms with van der Waals surface area (Å²) in [7, 11) is 0. The van der Waals surface area contributed by atoms with E-state index in [0.717, 1.165) is 11.1 Å². The number of rotatable bonds is 7. The number of benzene rings is 2. The maximum absolute atomic E-state index is 12.0. The van der Waals surface area contributed by atoms with Crippen molar-refractivity contribution in [2.75, 3.05) is 6.61 Å². The lowest BCUT2D eigenvalue weighted by Gasteiger charge is -2.42. The molecule has 0 radical (unpaired) electrons. The molecule has 2 aromatic carbocycles. The smallest absolute Gasteiger partial charge is 0.327 e. The van der Waals surface area contributed by atoms with Gasteiger partial charge in [0.05, 0.1) is 38.4 Å². The molecule has 0 aromatic heterocycles. The zero-order valence-electron chi connectivity index (χ0n) is 15.9. The van der Waals surface area contributed by atoms with Crippen LogP contribution < -0.4 is 0 Å². The van der Waals surface area contributed by atoms with Gasteiger partial charge in [0.2, 0.25) is 0 Å². The molecule has 6 nitrogen and oxygen atoms in total. The third-order valence-corrected chi connectivity index (χ3v) is 5.06. The molecule has 0 spiro atoms. The van der Waals surface area contributed by atoms with Gasteiger partial charge in [0.25, 0.3) is 0 Å². The molecule has 28 heavy (non-hydrogen) atoms. The second kappa shape index (κ2) is 8.84. The second-order valence-electron chi connectivity index (χ2n) is 7.15. The average Bonchev–Trinajstić information content (AvgIpc) is 3.11. The van der Waals surface area contributed by atoms with Gasteiger partial charge < -0.3 is 19.0 Å². The van der Waals surface area contributed by atoms with Gasteiger partial charge in [-0.05, 0) is 18.1 Å². The lowest BCUT2D eigenvalue weighted by atomic mass is 10.0. The fourth-order valence-corrected chi connectivity index (χ4v) is 3.69. The van der Waals surface area contributed by atoms with Crippen LogP contribution in [0.15, 0.2) is 60.7 Å². The minimum Gasteiger partial charge on any atom is -0.373 e. The first-order valence-electron chi connectivity index (χ1n) is 9.62. The molecule has 6 heteroatoms. The molecule has 0 unspecified atom stereocenters. The van der Waals surface area contributed by atoms with E-state index in [2.05, 4.69) is 0 Å². The zero-order valence-corrected chi connectivity index (χ0v) is 15.9. The summed E-state index contributed by atoms with van der Waals surface area (Å²) in [4.78, 5) is 17.4. The van der Waals surface area contributed by atoms with Crippen molar-refractivity contribution in [1.29, 1.82) is 0 Å². The van der Waals surface area contributed by atoms with Crippen LogP contribution in [-0.4, -0.2) is 42.1 Å². The Morgan fingerprint density at radius 2 is 1.64 bits per heavy atom. The first-order valence-corrected chi connectivity index (χ1v) is 9.62. The number of carbonyl (C=O) groups is 1. The summed E-state index contributed by atoms with van der Waals surface area (Å²) in [6, 6.07) is 19.7. The molecule has 148 valence electrons. The van der Waals surface area contributed by atoms with E-state index in [4.69, 9.17) is 19.0 Å². The Morgan fingerprint density at radius 3 is 2.32 bits per heavy atom. The molecule has 0 bridgehead atoms. The van der Waals surface area contributed by atoms with Crippen LogP contribution in [-0.2, 0) is 37.1 Å². The normalized spacial score (nSPS) is 27.4. The molecule has 4 rings (SSSR count). The summed E-state index contributed by atoms with van der Waals surface area (Å²) >= 11 is 0.